The van der Waals surface area contributed by atoms with Gasteiger partial charge >= 0.3 is 0 Å². The average molecular weight is 485 g/mol. The van der Waals surface area contributed by atoms with Crippen LogP contribution in [0.4, 0.5) is 11.4 Å². The Labute approximate surface area is 219 Å². The van der Waals surface area contributed by atoms with Crippen LogP contribution >= 0.6 is 0 Å². The van der Waals surface area contributed by atoms with Crippen molar-refractivity contribution in [3.63, 3.8) is 0 Å². The van der Waals surface area contributed by atoms with E-state index in [9.17, 15) is 0 Å². The van der Waals surface area contributed by atoms with E-state index in [1.165, 1.54) is 16.7 Å². The summed E-state index contributed by atoms with van der Waals surface area (Å²) in [6.07, 6.45) is 0.986. The van der Waals surface area contributed by atoms with Crippen molar-refractivity contribution in [3.05, 3.63) is 121 Å². The molecule has 0 amide bonds. The highest BCUT2D eigenvalue weighted by molar-refractivity contribution is 5.82. The van der Waals surface area contributed by atoms with Crippen LogP contribution < -0.4 is 10.1 Å². The minimum absolute atomic E-state index is 0.545. The van der Waals surface area contributed by atoms with Crippen LogP contribution in [-0.4, -0.2) is 12.1 Å². The molecule has 37 heavy (non-hydrogen) atoms. The van der Waals surface area contributed by atoms with Crippen LogP contribution in [0.1, 0.15) is 19.4 Å². The van der Waals surface area contributed by atoms with E-state index in [1.807, 2.05) is 24.3 Å². The van der Waals surface area contributed by atoms with E-state index in [2.05, 4.69) is 110 Å². The van der Waals surface area contributed by atoms with Gasteiger partial charge in [0.15, 0.2) is 0 Å². The van der Waals surface area contributed by atoms with Crippen molar-refractivity contribution in [2.45, 2.75) is 20.3 Å². The molecule has 0 saturated carbocycles. The maximum atomic E-state index is 5.65. The minimum Gasteiger partial charge on any atom is -0.496 e. The number of aromatic nitrogens is 1. The van der Waals surface area contributed by atoms with Gasteiger partial charge in [-0.15, -0.1) is 0 Å². The van der Waals surface area contributed by atoms with Gasteiger partial charge in [0.25, 0.3) is 0 Å². The van der Waals surface area contributed by atoms with Crippen LogP contribution in [0, 0.1) is 5.92 Å². The highest BCUT2D eigenvalue weighted by Gasteiger charge is 2.13. The molecule has 5 aromatic rings. The first-order valence-electron chi connectivity index (χ1n) is 12.8. The smallest absolute Gasteiger partial charge is 0.128 e. The second kappa shape index (κ2) is 11.1. The first kappa shape index (κ1) is 24.3. The van der Waals surface area contributed by atoms with Gasteiger partial charge in [-0.2, -0.15) is 0 Å². The highest BCUT2D eigenvalue weighted by atomic mass is 16.5. The molecule has 1 aromatic heterocycles. The third-order valence-electron chi connectivity index (χ3n) is 6.36. The fraction of sp³-hybridized carbons (Fsp3) is 0.147. The summed E-state index contributed by atoms with van der Waals surface area (Å²) in [5.41, 5.74) is 9.69. The standard InChI is InChI=1S/C34H32N2O/c1-24(2)20-25-21-32(36-33(22-25)30-17-8-10-19-34(30)37-3)27-14-11-15-28(23-27)35-31-18-9-7-16-29(31)26-12-5-4-6-13-26/h4-19,21-24,35H,20H2,1-3H3. The number of rotatable bonds is 8. The SMILES string of the molecule is COc1ccccc1-c1cc(CC(C)C)cc(-c2cccc(Nc3ccccc3-c3ccccc3)c2)n1. The number of pyridine rings is 1. The summed E-state index contributed by atoms with van der Waals surface area (Å²) in [4.78, 5) is 5.10. The van der Waals surface area contributed by atoms with Crippen molar-refractivity contribution < 1.29 is 4.74 Å². The number of nitrogens with one attached hydrogen (secondary N) is 1. The van der Waals surface area contributed by atoms with Crippen LogP contribution in [0.3, 0.4) is 0 Å². The lowest BCUT2D eigenvalue weighted by Crippen LogP contribution is -1.99. The Morgan fingerprint density at radius 3 is 2.14 bits per heavy atom. The summed E-state index contributed by atoms with van der Waals surface area (Å²) in [5.74, 6) is 1.37. The van der Waals surface area contributed by atoms with Crippen molar-refractivity contribution in [1.29, 1.82) is 0 Å². The molecule has 0 saturated heterocycles. The van der Waals surface area contributed by atoms with Gasteiger partial charge in [-0.1, -0.05) is 86.6 Å². The molecule has 1 N–H and O–H groups in total. The first-order valence-corrected chi connectivity index (χ1v) is 12.8. The predicted molar refractivity (Wildman–Crippen MR) is 155 cm³/mol. The van der Waals surface area contributed by atoms with Crippen molar-refractivity contribution in [1.82, 2.24) is 4.98 Å². The van der Waals surface area contributed by atoms with Crippen LogP contribution in [0.5, 0.6) is 5.75 Å². The van der Waals surface area contributed by atoms with Gasteiger partial charge in [-0.25, -0.2) is 4.98 Å². The predicted octanol–water partition coefficient (Wildman–Crippen LogP) is 9.03. The zero-order chi connectivity index (χ0) is 25.6. The Hall–Kier alpha value is -4.37. The van der Waals surface area contributed by atoms with Gasteiger partial charge in [-0.05, 0) is 65.9 Å². The summed E-state index contributed by atoms with van der Waals surface area (Å²) < 4.78 is 5.65. The number of methoxy groups -OCH3 is 1. The number of para-hydroxylation sites is 2. The molecule has 0 fully saturated rings. The number of ether oxygens (including phenoxy) is 1. The normalized spacial score (nSPS) is 10.9. The Morgan fingerprint density at radius 2 is 1.35 bits per heavy atom. The number of hydrogen-bond acceptors (Lipinski definition) is 3. The van der Waals surface area contributed by atoms with E-state index in [1.54, 1.807) is 7.11 Å². The van der Waals surface area contributed by atoms with Gasteiger partial charge in [-0.3, -0.25) is 0 Å². The zero-order valence-electron chi connectivity index (χ0n) is 21.6. The van der Waals surface area contributed by atoms with Gasteiger partial charge < -0.3 is 10.1 Å². The summed E-state index contributed by atoms with van der Waals surface area (Å²) in [7, 11) is 1.71. The molecule has 3 heteroatoms. The molecule has 0 bridgehead atoms. The monoisotopic (exact) mass is 484 g/mol. The van der Waals surface area contributed by atoms with Gasteiger partial charge in [0.05, 0.1) is 18.5 Å². The molecular formula is C34H32N2O. The lowest BCUT2D eigenvalue weighted by molar-refractivity contribution is 0.416. The van der Waals surface area contributed by atoms with Crippen molar-refractivity contribution in [2.75, 3.05) is 12.4 Å². The quantitative estimate of drug-likeness (QED) is 0.238. The lowest BCUT2D eigenvalue weighted by atomic mass is 9.98. The molecule has 0 aliphatic carbocycles. The Kier molecular flexibility index (Phi) is 7.32. The molecule has 3 nitrogen and oxygen atoms in total. The van der Waals surface area contributed by atoms with Crippen LogP contribution in [0.2, 0.25) is 0 Å². The minimum atomic E-state index is 0.545. The molecule has 0 spiro atoms. The van der Waals surface area contributed by atoms with Gasteiger partial charge in [0.2, 0.25) is 0 Å². The van der Waals surface area contributed by atoms with Gasteiger partial charge in [0.1, 0.15) is 5.75 Å². The largest absolute Gasteiger partial charge is 0.496 e. The maximum Gasteiger partial charge on any atom is 0.128 e. The van der Waals surface area contributed by atoms with E-state index in [0.717, 1.165) is 46.1 Å². The fourth-order valence-corrected chi connectivity index (χ4v) is 4.69. The molecule has 0 unspecified atom stereocenters. The number of hydrogen-bond donors (Lipinski definition) is 1. The van der Waals surface area contributed by atoms with Crippen LogP contribution in [-0.2, 0) is 6.42 Å². The maximum absolute atomic E-state index is 5.65. The number of nitrogens with zero attached hydrogens (tertiary/aromatic N) is 1. The lowest BCUT2D eigenvalue weighted by Gasteiger charge is -2.15. The number of anilines is 2. The summed E-state index contributed by atoms with van der Waals surface area (Å²) in [5, 5.41) is 3.64. The average Bonchev–Trinajstić information content (AvgIpc) is 2.93. The third-order valence-corrected chi connectivity index (χ3v) is 6.36. The highest BCUT2D eigenvalue weighted by Crippen LogP contribution is 2.34. The summed E-state index contributed by atoms with van der Waals surface area (Å²) in [6, 6.07) is 39.9. The molecular weight excluding hydrogens is 452 g/mol. The summed E-state index contributed by atoms with van der Waals surface area (Å²) in [6.45, 7) is 4.50. The molecule has 5 rings (SSSR count). The molecule has 0 aliphatic rings. The Morgan fingerprint density at radius 1 is 0.676 bits per heavy atom. The fourth-order valence-electron chi connectivity index (χ4n) is 4.69. The topological polar surface area (TPSA) is 34.1 Å². The van der Waals surface area contributed by atoms with Gasteiger partial charge in [0, 0.05) is 28.1 Å². The molecule has 0 radical (unpaired) electrons. The molecule has 0 aliphatic heterocycles. The Balaban J connectivity index is 1.53. The van der Waals surface area contributed by atoms with E-state index in [0.29, 0.717) is 5.92 Å². The van der Waals surface area contributed by atoms with E-state index < -0.39 is 0 Å². The van der Waals surface area contributed by atoms with Crippen molar-refractivity contribution in [2.24, 2.45) is 5.92 Å². The molecule has 0 atom stereocenters. The van der Waals surface area contributed by atoms with E-state index >= 15 is 0 Å². The van der Waals surface area contributed by atoms with E-state index in [-0.39, 0.29) is 0 Å². The Bertz CT molecular complexity index is 1490. The molecule has 1 heterocycles. The zero-order valence-corrected chi connectivity index (χ0v) is 21.6. The second-order valence-corrected chi connectivity index (χ2v) is 9.66. The van der Waals surface area contributed by atoms with E-state index in [4.69, 9.17) is 9.72 Å². The second-order valence-electron chi connectivity index (χ2n) is 9.66. The first-order chi connectivity index (χ1) is 18.1. The van der Waals surface area contributed by atoms with Crippen molar-refractivity contribution >= 4 is 11.4 Å². The van der Waals surface area contributed by atoms with Crippen molar-refractivity contribution in [3.8, 4) is 39.4 Å². The molecule has 4 aromatic carbocycles. The number of benzene rings is 4. The van der Waals surface area contributed by atoms with Crippen LogP contribution in [0.25, 0.3) is 33.6 Å². The third kappa shape index (κ3) is 5.73. The molecule has 184 valence electrons. The summed E-state index contributed by atoms with van der Waals surface area (Å²) >= 11 is 0. The van der Waals surface area contributed by atoms with Crippen LogP contribution in [0.15, 0.2) is 115 Å².